The van der Waals surface area contributed by atoms with Crippen LogP contribution in [0.2, 0.25) is 0 Å². The lowest BCUT2D eigenvalue weighted by Crippen LogP contribution is -2.27. The lowest BCUT2D eigenvalue weighted by molar-refractivity contribution is 0.0600. The van der Waals surface area contributed by atoms with Gasteiger partial charge in [0.2, 0.25) is 0 Å². The molecule has 1 aliphatic heterocycles. The zero-order valence-corrected chi connectivity index (χ0v) is 14.8. The van der Waals surface area contributed by atoms with E-state index in [-0.39, 0.29) is 11.9 Å². The van der Waals surface area contributed by atoms with Crippen molar-refractivity contribution < 1.29 is 14.3 Å². The molecule has 6 heteroatoms. The molecule has 0 spiro atoms. The van der Waals surface area contributed by atoms with Gasteiger partial charge in [-0.1, -0.05) is 12.1 Å². The zero-order valence-electron chi connectivity index (χ0n) is 14.8. The number of carbonyl (C=O) groups excluding carboxylic acids is 2. The van der Waals surface area contributed by atoms with Crippen LogP contribution >= 0.6 is 0 Å². The molecule has 1 amide bonds. The number of esters is 1. The average Bonchev–Trinajstić information content (AvgIpc) is 3.21. The van der Waals surface area contributed by atoms with E-state index >= 15 is 0 Å². The summed E-state index contributed by atoms with van der Waals surface area (Å²) in [4.78, 5) is 25.9. The Bertz CT molecular complexity index is 796. The number of likely N-dealkylation sites (tertiary alicyclic amines) is 1. The van der Waals surface area contributed by atoms with E-state index < -0.39 is 0 Å². The lowest BCUT2D eigenvalue weighted by Gasteiger charge is -2.17. The van der Waals surface area contributed by atoms with Crippen LogP contribution in [-0.4, -0.2) is 37.0 Å². The van der Waals surface area contributed by atoms with Crippen LogP contribution in [0.3, 0.4) is 0 Å². The van der Waals surface area contributed by atoms with Gasteiger partial charge in [-0.05, 0) is 48.7 Å². The van der Waals surface area contributed by atoms with Crippen molar-refractivity contribution in [3.63, 3.8) is 0 Å². The van der Waals surface area contributed by atoms with Crippen molar-refractivity contribution in [3.05, 3.63) is 59.2 Å². The van der Waals surface area contributed by atoms with Gasteiger partial charge in [0, 0.05) is 25.2 Å². The second kappa shape index (κ2) is 7.91. The summed E-state index contributed by atoms with van der Waals surface area (Å²) in [6.07, 6.45) is 2.13. The molecule has 6 nitrogen and oxygen atoms in total. The first kappa shape index (κ1) is 17.8. The highest BCUT2D eigenvalue weighted by Crippen LogP contribution is 2.23. The standard InChI is InChI=1S/C20H23N3O3/c1-26-20(25)15-6-4-14(5-7-15)13-22-18-12-16(8-9-17(18)21)19(24)23-10-2-3-11-23/h4-9,12,22H,2-3,10-11,13,21H2,1H3. The van der Waals surface area contributed by atoms with E-state index in [0.29, 0.717) is 23.4 Å². The third kappa shape index (κ3) is 3.96. The van der Waals surface area contributed by atoms with Crippen LogP contribution in [0.1, 0.15) is 39.1 Å². The maximum atomic E-state index is 12.5. The third-order valence-electron chi connectivity index (χ3n) is 4.55. The fraction of sp³-hybridized carbons (Fsp3) is 0.300. The number of nitrogens with one attached hydrogen (secondary N) is 1. The van der Waals surface area contributed by atoms with Gasteiger partial charge in [-0.15, -0.1) is 0 Å². The minimum atomic E-state index is -0.359. The Balaban J connectivity index is 1.68. The smallest absolute Gasteiger partial charge is 0.337 e. The van der Waals surface area contributed by atoms with E-state index in [1.165, 1.54) is 7.11 Å². The number of hydrogen-bond acceptors (Lipinski definition) is 5. The van der Waals surface area contributed by atoms with Gasteiger partial charge in [0.05, 0.1) is 24.0 Å². The molecule has 0 bridgehead atoms. The van der Waals surface area contributed by atoms with Gasteiger partial charge in [-0.2, -0.15) is 0 Å². The summed E-state index contributed by atoms with van der Waals surface area (Å²) < 4.78 is 4.69. The molecular weight excluding hydrogens is 330 g/mol. The molecule has 0 aliphatic carbocycles. The first-order valence-electron chi connectivity index (χ1n) is 8.68. The Hall–Kier alpha value is -3.02. The van der Waals surface area contributed by atoms with Crippen LogP contribution in [0.15, 0.2) is 42.5 Å². The first-order valence-corrected chi connectivity index (χ1v) is 8.68. The third-order valence-corrected chi connectivity index (χ3v) is 4.55. The van der Waals surface area contributed by atoms with E-state index in [0.717, 1.165) is 37.2 Å². The fourth-order valence-corrected chi connectivity index (χ4v) is 3.02. The number of nitrogens with zero attached hydrogens (tertiary/aromatic N) is 1. The first-order chi connectivity index (χ1) is 12.6. The lowest BCUT2D eigenvalue weighted by atomic mass is 10.1. The van der Waals surface area contributed by atoms with Crippen molar-refractivity contribution in [1.29, 1.82) is 0 Å². The van der Waals surface area contributed by atoms with Gasteiger partial charge in [0.1, 0.15) is 0 Å². The summed E-state index contributed by atoms with van der Waals surface area (Å²) in [5.41, 5.74) is 9.51. The molecule has 1 saturated heterocycles. The Morgan fingerprint density at radius 1 is 1.08 bits per heavy atom. The van der Waals surface area contributed by atoms with E-state index in [4.69, 9.17) is 10.5 Å². The molecule has 1 fully saturated rings. The normalized spacial score (nSPS) is 13.5. The molecule has 1 heterocycles. The summed E-state index contributed by atoms with van der Waals surface area (Å²) in [6, 6.07) is 12.5. The van der Waals surface area contributed by atoms with Gasteiger partial charge >= 0.3 is 5.97 Å². The molecule has 0 radical (unpaired) electrons. The van der Waals surface area contributed by atoms with Crippen molar-refractivity contribution in [2.45, 2.75) is 19.4 Å². The molecule has 0 unspecified atom stereocenters. The number of methoxy groups -OCH3 is 1. The number of ether oxygens (including phenoxy) is 1. The molecule has 2 aromatic carbocycles. The summed E-state index contributed by atoms with van der Waals surface area (Å²) in [6.45, 7) is 2.17. The van der Waals surface area contributed by atoms with Crippen molar-refractivity contribution in [1.82, 2.24) is 4.90 Å². The van der Waals surface area contributed by atoms with Crippen LogP contribution in [0.4, 0.5) is 11.4 Å². The molecule has 2 aromatic rings. The number of anilines is 2. The second-order valence-electron chi connectivity index (χ2n) is 6.34. The molecule has 3 rings (SSSR count). The van der Waals surface area contributed by atoms with E-state index in [9.17, 15) is 9.59 Å². The van der Waals surface area contributed by atoms with Crippen LogP contribution < -0.4 is 11.1 Å². The van der Waals surface area contributed by atoms with Crippen molar-refractivity contribution in [2.24, 2.45) is 0 Å². The van der Waals surface area contributed by atoms with Crippen molar-refractivity contribution >= 4 is 23.3 Å². The molecule has 0 saturated carbocycles. The molecule has 1 aliphatic rings. The molecule has 0 aromatic heterocycles. The van der Waals surface area contributed by atoms with Crippen LogP contribution in [0.25, 0.3) is 0 Å². The highest BCUT2D eigenvalue weighted by Gasteiger charge is 2.20. The van der Waals surface area contributed by atoms with Gasteiger partial charge in [-0.25, -0.2) is 4.79 Å². The van der Waals surface area contributed by atoms with Crippen LogP contribution in [0, 0.1) is 0 Å². The Kier molecular flexibility index (Phi) is 5.41. The fourth-order valence-electron chi connectivity index (χ4n) is 3.02. The largest absolute Gasteiger partial charge is 0.465 e. The molecule has 26 heavy (non-hydrogen) atoms. The monoisotopic (exact) mass is 353 g/mol. The van der Waals surface area contributed by atoms with Crippen molar-refractivity contribution in [3.8, 4) is 0 Å². The second-order valence-corrected chi connectivity index (χ2v) is 6.34. The number of nitrogens with two attached hydrogens (primary N) is 1. The van der Waals surface area contributed by atoms with E-state index in [2.05, 4.69) is 5.32 Å². The predicted octanol–water partition coefficient (Wildman–Crippen LogP) is 2.90. The van der Waals surface area contributed by atoms with Gasteiger partial charge < -0.3 is 20.7 Å². The van der Waals surface area contributed by atoms with Gasteiger partial charge in [0.25, 0.3) is 5.91 Å². The highest BCUT2D eigenvalue weighted by atomic mass is 16.5. The number of hydrogen-bond donors (Lipinski definition) is 2. The van der Waals surface area contributed by atoms with Gasteiger partial charge in [0.15, 0.2) is 0 Å². The minimum Gasteiger partial charge on any atom is -0.465 e. The maximum Gasteiger partial charge on any atom is 0.337 e. The van der Waals surface area contributed by atoms with Crippen LogP contribution in [-0.2, 0) is 11.3 Å². The molecule has 136 valence electrons. The average molecular weight is 353 g/mol. The SMILES string of the molecule is COC(=O)c1ccc(CNc2cc(C(=O)N3CCCC3)ccc2N)cc1. The Morgan fingerprint density at radius 2 is 1.73 bits per heavy atom. The zero-order chi connectivity index (χ0) is 18.5. The number of amides is 1. The van der Waals surface area contributed by atoms with E-state index in [1.54, 1.807) is 30.3 Å². The quantitative estimate of drug-likeness (QED) is 0.638. The van der Waals surface area contributed by atoms with Gasteiger partial charge in [-0.3, -0.25) is 4.79 Å². The number of carbonyl (C=O) groups is 2. The number of benzene rings is 2. The number of nitrogen functional groups attached to an aromatic ring is 1. The summed E-state index contributed by atoms with van der Waals surface area (Å²) in [5.74, 6) is -0.310. The molecule has 3 N–H and O–H groups in total. The Labute approximate surface area is 152 Å². The summed E-state index contributed by atoms with van der Waals surface area (Å²) >= 11 is 0. The van der Waals surface area contributed by atoms with Crippen molar-refractivity contribution in [2.75, 3.05) is 31.2 Å². The van der Waals surface area contributed by atoms with Crippen LogP contribution in [0.5, 0.6) is 0 Å². The van der Waals surface area contributed by atoms with E-state index in [1.807, 2.05) is 17.0 Å². The Morgan fingerprint density at radius 3 is 2.38 bits per heavy atom. The summed E-state index contributed by atoms with van der Waals surface area (Å²) in [5, 5.41) is 3.27. The minimum absolute atomic E-state index is 0.0491. The summed E-state index contributed by atoms with van der Waals surface area (Å²) in [7, 11) is 1.36. The topological polar surface area (TPSA) is 84.7 Å². The predicted molar refractivity (Wildman–Crippen MR) is 101 cm³/mol. The number of rotatable bonds is 5. The maximum absolute atomic E-state index is 12.5. The molecular formula is C20H23N3O3. The highest BCUT2D eigenvalue weighted by molar-refractivity contribution is 5.96. The molecule has 0 atom stereocenters.